The number of carbonyl (C=O) groups excluding carboxylic acids is 2. The van der Waals surface area contributed by atoms with Crippen molar-refractivity contribution in [2.45, 2.75) is 65.1 Å². The van der Waals surface area contributed by atoms with Crippen molar-refractivity contribution >= 4 is 11.9 Å². The van der Waals surface area contributed by atoms with E-state index < -0.39 is 0 Å². The Hall–Kier alpha value is -3.67. The van der Waals surface area contributed by atoms with E-state index in [2.05, 4.69) is 45.9 Å². The van der Waals surface area contributed by atoms with Gasteiger partial charge in [-0.1, -0.05) is 42.5 Å². The Kier molecular flexibility index (Phi) is 6.76. The summed E-state index contributed by atoms with van der Waals surface area (Å²) < 4.78 is 0. The molecule has 2 aliphatic rings. The van der Waals surface area contributed by atoms with Crippen LogP contribution in [0.25, 0.3) is 11.1 Å². The third kappa shape index (κ3) is 5.68. The molecule has 37 heavy (non-hydrogen) atoms. The lowest BCUT2D eigenvalue weighted by atomic mass is 9.87. The zero-order chi connectivity index (χ0) is 26.2. The highest BCUT2D eigenvalue weighted by atomic mass is 16.2. The average molecular weight is 497 g/mol. The van der Waals surface area contributed by atoms with E-state index in [1.165, 1.54) is 11.1 Å². The highest BCUT2D eigenvalue weighted by molar-refractivity contribution is 5.83. The van der Waals surface area contributed by atoms with Gasteiger partial charge in [-0.3, -0.25) is 9.78 Å². The van der Waals surface area contributed by atoms with Gasteiger partial charge in [0.15, 0.2) is 0 Å². The fourth-order valence-corrected chi connectivity index (χ4v) is 5.32. The Morgan fingerprint density at radius 2 is 1.84 bits per heavy atom. The van der Waals surface area contributed by atoms with Crippen molar-refractivity contribution in [3.05, 3.63) is 88.7 Å². The lowest BCUT2D eigenvalue weighted by molar-refractivity contribution is -0.122. The van der Waals surface area contributed by atoms with E-state index in [0.717, 1.165) is 40.7 Å². The van der Waals surface area contributed by atoms with Crippen LogP contribution in [-0.2, 0) is 24.3 Å². The van der Waals surface area contributed by atoms with Crippen LogP contribution < -0.4 is 10.6 Å². The molecule has 1 saturated carbocycles. The molecule has 0 unspecified atom stereocenters. The van der Waals surface area contributed by atoms with Gasteiger partial charge in [0.1, 0.15) is 0 Å². The number of pyridine rings is 1. The first-order valence-corrected chi connectivity index (χ1v) is 13.1. The second kappa shape index (κ2) is 10.0. The van der Waals surface area contributed by atoms with Gasteiger partial charge in [0, 0.05) is 49.0 Å². The van der Waals surface area contributed by atoms with E-state index in [0.29, 0.717) is 25.6 Å². The molecule has 1 aromatic heterocycles. The number of carbonyl (C=O) groups is 2. The van der Waals surface area contributed by atoms with Crippen LogP contribution in [0.3, 0.4) is 0 Å². The molecular weight excluding hydrogens is 460 g/mol. The summed E-state index contributed by atoms with van der Waals surface area (Å²) >= 11 is 0. The highest BCUT2D eigenvalue weighted by Crippen LogP contribution is 2.47. The van der Waals surface area contributed by atoms with E-state index in [1.54, 1.807) is 0 Å². The zero-order valence-electron chi connectivity index (χ0n) is 22.2. The number of nitrogens with zero attached hydrogens (tertiary/aromatic N) is 2. The third-order valence-corrected chi connectivity index (χ3v) is 7.27. The molecule has 2 N–H and O–H groups in total. The topological polar surface area (TPSA) is 74.3 Å². The molecule has 1 aliphatic heterocycles. The number of hydrogen-bond donors (Lipinski definition) is 2. The minimum absolute atomic E-state index is 0.0323. The summed E-state index contributed by atoms with van der Waals surface area (Å²) in [6.07, 6.45) is 5.42. The van der Waals surface area contributed by atoms with Crippen LogP contribution in [0.15, 0.2) is 60.9 Å². The van der Waals surface area contributed by atoms with Crippen LogP contribution >= 0.6 is 0 Å². The Labute approximate surface area is 219 Å². The first kappa shape index (κ1) is 25.0. The fraction of sp³-hybridized carbons (Fsp3) is 0.387. The van der Waals surface area contributed by atoms with Gasteiger partial charge >= 0.3 is 6.03 Å². The number of fused-ring (bicyclic) bond motifs is 1. The maximum atomic E-state index is 13.0. The number of aryl methyl sites for hydroxylation is 1. The summed E-state index contributed by atoms with van der Waals surface area (Å²) in [6, 6.07) is 16.6. The second-order valence-corrected chi connectivity index (χ2v) is 11.4. The predicted molar refractivity (Wildman–Crippen MR) is 146 cm³/mol. The Bertz CT molecular complexity index is 1310. The highest BCUT2D eigenvalue weighted by Gasteiger charge is 2.43. The molecule has 2 aromatic carbocycles. The van der Waals surface area contributed by atoms with Gasteiger partial charge < -0.3 is 15.5 Å². The first-order chi connectivity index (χ1) is 17.7. The minimum atomic E-state index is -0.303. The summed E-state index contributed by atoms with van der Waals surface area (Å²) in [6.45, 7) is 9.66. The molecule has 0 bridgehead atoms. The monoisotopic (exact) mass is 496 g/mol. The average Bonchev–Trinajstić information content (AvgIpc) is 3.67. The number of benzene rings is 2. The van der Waals surface area contributed by atoms with E-state index in [-0.39, 0.29) is 23.4 Å². The number of hydrogen-bond acceptors (Lipinski definition) is 3. The molecule has 1 aliphatic carbocycles. The van der Waals surface area contributed by atoms with Crippen LogP contribution in [0, 0.1) is 12.8 Å². The molecule has 3 aromatic rings. The van der Waals surface area contributed by atoms with Crippen molar-refractivity contribution < 1.29 is 9.59 Å². The normalized spacial score (nSPS) is 18.6. The molecule has 6 heteroatoms. The van der Waals surface area contributed by atoms with Crippen molar-refractivity contribution in [1.29, 1.82) is 0 Å². The maximum absolute atomic E-state index is 13.0. The Morgan fingerprint density at radius 1 is 1.05 bits per heavy atom. The van der Waals surface area contributed by atoms with Gasteiger partial charge in [-0.25, -0.2) is 4.79 Å². The van der Waals surface area contributed by atoms with E-state index in [1.807, 2.05) is 63.2 Å². The molecule has 5 rings (SSSR count). The predicted octanol–water partition coefficient (Wildman–Crippen LogP) is 5.34. The maximum Gasteiger partial charge on any atom is 0.318 e. The summed E-state index contributed by atoms with van der Waals surface area (Å²) in [5.74, 6) is 0.445. The fourth-order valence-electron chi connectivity index (χ4n) is 5.32. The Morgan fingerprint density at radius 3 is 2.57 bits per heavy atom. The molecule has 192 valence electrons. The van der Waals surface area contributed by atoms with Crippen molar-refractivity contribution in [2.75, 3.05) is 6.54 Å². The van der Waals surface area contributed by atoms with Crippen LogP contribution in [0.1, 0.15) is 60.9 Å². The summed E-state index contributed by atoms with van der Waals surface area (Å²) in [5, 5.41) is 6.29. The number of amides is 3. The van der Waals surface area contributed by atoms with Crippen molar-refractivity contribution in [1.82, 2.24) is 20.5 Å². The van der Waals surface area contributed by atoms with E-state index >= 15 is 0 Å². The molecule has 0 spiro atoms. The van der Waals surface area contributed by atoms with Gasteiger partial charge in [-0.2, -0.15) is 0 Å². The van der Waals surface area contributed by atoms with Crippen molar-refractivity contribution in [2.24, 2.45) is 5.92 Å². The largest absolute Gasteiger partial charge is 0.352 e. The van der Waals surface area contributed by atoms with Crippen LogP contribution in [0.4, 0.5) is 4.79 Å². The van der Waals surface area contributed by atoms with Gasteiger partial charge in [0.2, 0.25) is 5.91 Å². The summed E-state index contributed by atoms with van der Waals surface area (Å²) in [7, 11) is 0. The summed E-state index contributed by atoms with van der Waals surface area (Å²) in [4.78, 5) is 32.3. The molecular formula is C31H36N4O2. The molecule has 6 nitrogen and oxygen atoms in total. The lowest BCUT2D eigenvalue weighted by Gasteiger charge is -2.34. The quantitative estimate of drug-likeness (QED) is 0.501. The standard InChI is InChI=1S/C31H36N4O2/c1-20-14-23(17-32-16-20)24-11-10-22(18-33-29(36)27-15-26(27)21-8-6-5-7-9-21)28-19-35(13-12-25(24)28)30(37)34-31(2,3)4/h5-11,14,16-17,26-27H,12-13,15,18-19H2,1-4H3,(H,33,36)(H,34,37)/t26-,27+/m1/s1. The lowest BCUT2D eigenvalue weighted by Crippen LogP contribution is -2.50. The number of aromatic nitrogens is 1. The van der Waals surface area contributed by atoms with E-state index in [4.69, 9.17) is 0 Å². The molecule has 2 atom stereocenters. The molecule has 1 fully saturated rings. The molecule has 0 saturated heterocycles. The van der Waals surface area contributed by atoms with Crippen LogP contribution in [0.2, 0.25) is 0 Å². The smallest absolute Gasteiger partial charge is 0.318 e. The van der Waals surface area contributed by atoms with Gasteiger partial charge in [0.25, 0.3) is 0 Å². The SMILES string of the molecule is Cc1cncc(-c2ccc(CNC(=O)[C@H]3C[C@@H]3c3ccccc3)c3c2CCN(C(=O)NC(C)(C)C)C3)c1. The third-order valence-electron chi connectivity index (χ3n) is 7.27. The van der Waals surface area contributed by atoms with Crippen LogP contribution in [0.5, 0.6) is 0 Å². The number of nitrogens with one attached hydrogen (secondary N) is 2. The second-order valence-electron chi connectivity index (χ2n) is 11.4. The van der Waals surface area contributed by atoms with Gasteiger partial charge in [0.05, 0.1) is 0 Å². The van der Waals surface area contributed by atoms with Gasteiger partial charge in [-0.15, -0.1) is 0 Å². The van der Waals surface area contributed by atoms with E-state index in [9.17, 15) is 9.59 Å². The summed E-state index contributed by atoms with van der Waals surface area (Å²) in [5.41, 5.74) is 7.73. The number of rotatable bonds is 5. The van der Waals surface area contributed by atoms with Crippen molar-refractivity contribution in [3.8, 4) is 11.1 Å². The zero-order valence-corrected chi connectivity index (χ0v) is 22.2. The first-order valence-electron chi connectivity index (χ1n) is 13.1. The molecule has 2 heterocycles. The molecule has 3 amide bonds. The Balaban J connectivity index is 1.38. The minimum Gasteiger partial charge on any atom is -0.352 e. The molecule has 0 radical (unpaired) electrons. The van der Waals surface area contributed by atoms with Gasteiger partial charge in [-0.05, 0) is 85.9 Å². The number of urea groups is 1. The van der Waals surface area contributed by atoms with Crippen molar-refractivity contribution in [3.63, 3.8) is 0 Å². The van der Waals surface area contributed by atoms with Crippen LogP contribution in [-0.4, -0.2) is 33.9 Å².